The summed E-state index contributed by atoms with van der Waals surface area (Å²) in [6, 6.07) is 19.1. The minimum absolute atomic E-state index is 0.0364. The summed E-state index contributed by atoms with van der Waals surface area (Å²) in [5.41, 5.74) is 2.73. The number of likely N-dealkylation sites (tertiary alicyclic amines) is 1. The molecule has 0 radical (unpaired) electrons. The van der Waals surface area contributed by atoms with E-state index < -0.39 is 17.7 Å². The van der Waals surface area contributed by atoms with E-state index in [9.17, 15) is 14.7 Å². The molecule has 0 spiro atoms. The van der Waals surface area contributed by atoms with Gasteiger partial charge in [-0.3, -0.25) is 9.59 Å². The molecule has 0 aromatic heterocycles. The Kier molecular flexibility index (Phi) is 8.59. The maximum Gasteiger partial charge on any atom is 0.295 e. The Labute approximate surface area is 229 Å². The van der Waals surface area contributed by atoms with Gasteiger partial charge in [-0.15, -0.1) is 0 Å². The Bertz CT molecular complexity index is 1380. The Morgan fingerprint density at radius 3 is 2.33 bits per heavy atom. The number of rotatable bonds is 10. The Hall–Kier alpha value is -4.26. The van der Waals surface area contributed by atoms with Gasteiger partial charge in [0, 0.05) is 11.1 Å². The fourth-order valence-electron chi connectivity index (χ4n) is 4.69. The topological polar surface area (TPSA) is 85.3 Å². The van der Waals surface area contributed by atoms with Gasteiger partial charge in [-0.1, -0.05) is 44.2 Å². The molecule has 0 saturated carbocycles. The van der Waals surface area contributed by atoms with Gasteiger partial charge in [0.25, 0.3) is 11.7 Å². The normalized spacial score (nSPS) is 16.6. The third kappa shape index (κ3) is 5.93. The maximum absolute atomic E-state index is 13.5. The summed E-state index contributed by atoms with van der Waals surface area (Å²) in [7, 11) is 1.56. The molecule has 1 aliphatic rings. The third-order valence-corrected chi connectivity index (χ3v) is 6.60. The van der Waals surface area contributed by atoms with Gasteiger partial charge in [0.1, 0.15) is 23.0 Å². The van der Waals surface area contributed by atoms with Gasteiger partial charge < -0.3 is 24.2 Å². The standard InChI is InChI=1S/C32H35NO6/c1-6-38-25-14-11-22(12-15-25)29-28(30(34)23-13-16-26(21(4)17-23)39-19-20(2)3)31(35)32(36)33(29)18-24-9-7-8-10-27(24)37-5/h7-17,20,29,34H,6,18-19H2,1-5H3/b30-28-. The number of hydrogen-bond acceptors (Lipinski definition) is 6. The molecule has 1 fully saturated rings. The molecule has 0 bridgehead atoms. The second-order valence-corrected chi connectivity index (χ2v) is 9.93. The van der Waals surface area contributed by atoms with E-state index in [0.717, 1.165) is 11.1 Å². The highest BCUT2D eigenvalue weighted by atomic mass is 16.5. The van der Waals surface area contributed by atoms with E-state index in [1.807, 2.05) is 50.2 Å². The quantitative estimate of drug-likeness (QED) is 0.195. The molecule has 3 aromatic rings. The van der Waals surface area contributed by atoms with Gasteiger partial charge in [-0.05, 0) is 67.3 Å². The first kappa shape index (κ1) is 27.8. The van der Waals surface area contributed by atoms with Crippen LogP contribution in [-0.4, -0.2) is 42.0 Å². The number of nitrogens with zero attached hydrogens (tertiary/aromatic N) is 1. The fourth-order valence-corrected chi connectivity index (χ4v) is 4.69. The highest BCUT2D eigenvalue weighted by Crippen LogP contribution is 2.41. The molecule has 1 N–H and O–H groups in total. The van der Waals surface area contributed by atoms with E-state index in [1.165, 1.54) is 4.90 Å². The number of aryl methyl sites for hydroxylation is 1. The predicted molar refractivity (Wildman–Crippen MR) is 150 cm³/mol. The molecule has 1 saturated heterocycles. The third-order valence-electron chi connectivity index (χ3n) is 6.60. The van der Waals surface area contributed by atoms with Crippen molar-refractivity contribution in [3.8, 4) is 17.2 Å². The zero-order valence-corrected chi connectivity index (χ0v) is 23.1. The fraction of sp³-hybridized carbons (Fsp3) is 0.312. The van der Waals surface area contributed by atoms with E-state index in [4.69, 9.17) is 14.2 Å². The highest BCUT2D eigenvalue weighted by Gasteiger charge is 2.46. The molecule has 1 amide bonds. The van der Waals surface area contributed by atoms with Crippen LogP contribution in [0.3, 0.4) is 0 Å². The number of Topliss-reactive ketones (excluding diaryl/α,β-unsaturated/α-hetero) is 1. The number of methoxy groups -OCH3 is 1. The zero-order chi connectivity index (χ0) is 28.1. The average molecular weight is 530 g/mol. The van der Waals surface area contributed by atoms with Crippen LogP contribution < -0.4 is 14.2 Å². The lowest BCUT2D eigenvalue weighted by Gasteiger charge is -2.26. The van der Waals surface area contributed by atoms with Crippen LogP contribution in [0.1, 0.15) is 49.1 Å². The molecule has 4 rings (SSSR count). The number of benzene rings is 3. The summed E-state index contributed by atoms with van der Waals surface area (Å²) in [5.74, 6) is 0.709. The number of amides is 1. The van der Waals surface area contributed by atoms with Crippen LogP contribution in [0, 0.1) is 12.8 Å². The largest absolute Gasteiger partial charge is 0.507 e. The van der Waals surface area contributed by atoms with Gasteiger partial charge in [-0.25, -0.2) is 0 Å². The lowest BCUT2D eigenvalue weighted by molar-refractivity contribution is -0.140. The molecule has 1 aliphatic heterocycles. The van der Waals surface area contributed by atoms with Crippen LogP contribution in [0.2, 0.25) is 0 Å². The summed E-state index contributed by atoms with van der Waals surface area (Å²) in [5, 5.41) is 11.5. The van der Waals surface area contributed by atoms with Crippen molar-refractivity contribution in [1.29, 1.82) is 0 Å². The maximum atomic E-state index is 13.5. The van der Waals surface area contributed by atoms with Crippen molar-refractivity contribution >= 4 is 17.4 Å². The lowest BCUT2D eigenvalue weighted by Crippen LogP contribution is -2.29. The molecular formula is C32H35NO6. The molecule has 1 unspecified atom stereocenters. The van der Waals surface area contributed by atoms with E-state index in [1.54, 1.807) is 37.4 Å². The SMILES string of the molecule is CCOc1ccc(C2/C(=C(/O)c3ccc(OCC(C)C)c(C)c3)C(=O)C(=O)N2Cc2ccccc2OC)cc1. The highest BCUT2D eigenvalue weighted by molar-refractivity contribution is 6.46. The number of ether oxygens (including phenoxy) is 3. The number of ketones is 1. The predicted octanol–water partition coefficient (Wildman–Crippen LogP) is 6.06. The monoisotopic (exact) mass is 529 g/mol. The minimum atomic E-state index is -0.803. The van der Waals surface area contributed by atoms with Crippen LogP contribution in [-0.2, 0) is 16.1 Å². The first-order valence-corrected chi connectivity index (χ1v) is 13.1. The summed E-state index contributed by atoms with van der Waals surface area (Å²) in [6.45, 7) is 9.14. The smallest absolute Gasteiger partial charge is 0.295 e. The molecule has 0 aliphatic carbocycles. The first-order chi connectivity index (χ1) is 18.7. The number of carbonyl (C=O) groups excluding carboxylic acids is 2. The van der Waals surface area contributed by atoms with Crippen molar-refractivity contribution in [3.05, 3.63) is 94.6 Å². The molecule has 1 atom stereocenters. The minimum Gasteiger partial charge on any atom is -0.507 e. The van der Waals surface area contributed by atoms with Crippen LogP contribution in [0.25, 0.3) is 5.76 Å². The van der Waals surface area contributed by atoms with Crippen molar-refractivity contribution in [2.24, 2.45) is 5.92 Å². The van der Waals surface area contributed by atoms with Gasteiger partial charge in [-0.2, -0.15) is 0 Å². The van der Waals surface area contributed by atoms with Crippen molar-refractivity contribution in [2.45, 2.75) is 40.3 Å². The number of para-hydroxylation sites is 1. The van der Waals surface area contributed by atoms with E-state index in [0.29, 0.717) is 47.5 Å². The van der Waals surface area contributed by atoms with Crippen molar-refractivity contribution in [3.63, 3.8) is 0 Å². The average Bonchev–Trinajstić information content (AvgIpc) is 3.17. The van der Waals surface area contributed by atoms with Gasteiger partial charge >= 0.3 is 0 Å². The molecule has 7 heteroatoms. The van der Waals surface area contributed by atoms with E-state index >= 15 is 0 Å². The number of aliphatic hydroxyl groups is 1. The summed E-state index contributed by atoms with van der Waals surface area (Å²) >= 11 is 0. The number of carbonyl (C=O) groups is 2. The van der Waals surface area contributed by atoms with Crippen molar-refractivity contribution in [1.82, 2.24) is 4.90 Å². The summed E-state index contributed by atoms with van der Waals surface area (Å²) in [6.07, 6.45) is 0. The molecule has 1 heterocycles. The Morgan fingerprint density at radius 2 is 1.69 bits per heavy atom. The van der Waals surface area contributed by atoms with Gasteiger partial charge in [0.2, 0.25) is 0 Å². The Balaban J connectivity index is 1.80. The van der Waals surface area contributed by atoms with Crippen molar-refractivity contribution in [2.75, 3.05) is 20.3 Å². The second-order valence-electron chi connectivity index (χ2n) is 9.93. The molecular weight excluding hydrogens is 494 g/mol. The molecule has 3 aromatic carbocycles. The summed E-state index contributed by atoms with van der Waals surface area (Å²) in [4.78, 5) is 28.4. The van der Waals surface area contributed by atoms with Crippen LogP contribution in [0.5, 0.6) is 17.2 Å². The number of aliphatic hydroxyl groups excluding tert-OH is 1. The molecule has 39 heavy (non-hydrogen) atoms. The Morgan fingerprint density at radius 1 is 0.974 bits per heavy atom. The van der Waals surface area contributed by atoms with E-state index in [2.05, 4.69) is 13.8 Å². The van der Waals surface area contributed by atoms with Crippen molar-refractivity contribution < 1.29 is 28.9 Å². The lowest BCUT2D eigenvalue weighted by atomic mass is 9.94. The van der Waals surface area contributed by atoms with Crippen LogP contribution in [0.4, 0.5) is 0 Å². The number of hydrogen-bond donors (Lipinski definition) is 1. The van der Waals surface area contributed by atoms with Crippen LogP contribution >= 0.6 is 0 Å². The van der Waals surface area contributed by atoms with Crippen LogP contribution in [0.15, 0.2) is 72.3 Å². The van der Waals surface area contributed by atoms with Gasteiger partial charge in [0.05, 0.1) is 38.5 Å². The van der Waals surface area contributed by atoms with E-state index in [-0.39, 0.29) is 17.9 Å². The zero-order valence-electron chi connectivity index (χ0n) is 23.1. The first-order valence-electron chi connectivity index (χ1n) is 13.1. The van der Waals surface area contributed by atoms with Gasteiger partial charge in [0.15, 0.2) is 0 Å². The summed E-state index contributed by atoms with van der Waals surface area (Å²) < 4.78 is 16.9. The second kappa shape index (κ2) is 12.1. The molecule has 7 nitrogen and oxygen atoms in total. The molecule has 204 valence electrons.